The number of halogens is 1. The third-order valence-corrected chi connectivity index (χ3v) is 7.93. The summed E-state index contributed by atoms with van der Waals surface area (Å²) in [6, 6.07) is 22.2. The molecule has 3 aromatic carbocycles. The third kappa shape index (κ3) is 4.82. The number of rotatable bonds is 6. The Hall–Kier alpha value is -1.71. The molecule has 0 saturated heterocycles. The molecule has 3 rings (SSSR count). The van der Waals surface area contributed by atoms with Gasteiger partial charge in [0.2, 0.25) is 0 Å². The zero-order chi connectivity index (χ0) is 18.6. The molecule has 0 unspecified atom stereocenters. The van der Waals surface area contributed by atoms with Crippen LogP contribution in [0.4, 0.5) is 0 Å². The molecular weight excluding hydrogens is 404 g/mol. The van der Waals surface area contributed by atoms with Crippen molar-refractivity contribution in [2.75, 3.05) is 21.3 Å². The maximum absolute atomic E-state index is 14.3. The monoisotopic (exact) mass is 424 g/mol. The molecule has 4 nitrogen and oxygen atoms in total. The fraction of sp³-hybridized carbons (Fsp3) is 0.143. The van der Waals surface area contributed by atoms with E-state index in [9.17, 15) is 4.80 Å². The van der Waals surface area contributed by atoms with Crippen molar-refractivity contribution >= 4 is 46.9 Å². The topological polar surface area (TPSA) is 50.8 Å². The van der Waals surface area contributed by atoms with Crippen LogP contribution in [0.2, 0.25) is 0 Å². The van der Waals surface area contributed by atoms with Gasteiger partial charge in [-0.25, -0.2) is 0 Å². The van der Waals surface area contributed by atoms with Crippen molar-refractivity contribution < 1.29 is 31.4 Å². The molecule has 0 aliphatic rings. The van der Waals surface area contributed by atoms with Crippen molar-refractivity contribution in [3.8, 4) is 17.2 Å². The minimum Gasteiger partial charge on any atom is -1.00 e. The van der Waals surface area contributed by atoms with E-state index in [0.29, 0.717) is 0 Å². The van der Waals surface area contributed by atoms with Gasteiger partial charge in [-0.2, -0.15) is 0 Å². The Morgan fingerprint density at radius 1 is 0.536 bits per heavy atom. The van der Waals surface area contributed by atoms with Gasteiger partial charge in [-0.3, -0.25) is 0 Å². The average Bonchev–Trinajstić information content (AvgIpc) is 2.73. The molecule has 28 heavy (non-hydrogen) atoms. The molecule has 0 aromatic heterocycles. The molecule has 0 heterocycles. The first-order valence-electron chi connectivity index (χ1n) is 8.26. The van der Waals surface area contributed by atoms with Gasteiger partial charge in [0.15, 0.2) is 0 Å². The molecule has 0 aliphatic carbocycles. The van der Waals surface area contributed by atoms with Crippen LogP contribution in [-0.2, 0) is 0 Å². The van der Waals surface area contributed by atoms with Gasteiger partial charge in [0.25, 0.3) is 0 Å². The summed E-state index contributed by atoms with van der Waals surface area (Å²) in [7, 11) is 1.44. The van der Waals surface area contributed by atoms with E-state index in [4.69, 9.17) is 14.2 Å². The number of methoxy groups -OCH3 is 3. The van der Waals surface area contributed by atoms with Crippen LogP contribution in [0.15, 0.2) is 72.8 Å². The summed E-state index contributed by atoms with van der Waals surface area (Å²) in [5, 5.41) is 2.32. The number of benzene rings is 3. The number of ether oxygens (including phenoxy) is 3. The molecule has 0 amide bonds. The number of hydrogen-bond donors (Lipinski definition) is 0. The Morgan fingerprint density at radius 3 is 0.929 bits per heavy atom. The van der Waals surface area contributed by atoms with Crippen molar-refractivity contribution in [2.45, 2.75) is 0 Å². The predicted molar refractivity (Wildman–Crippen MR) is 109 cm³/mol. The average molecular weight is 425 g/mol. The Morgan fingerprint density at radius 2 is 0.750 bits per heavy atom. The van der Waals surface area contributed by atoms with Crippen molar-refractivity contribution in [3.05, 3.63) is 72.8 Å². The van der Waals surface area contributed by atoms with Crippen molar-refractivity contribution in [2.24, 2.45) is 0 Å². The predicted octanol–water partition coefficient (Wildman–Crippen LogP) is -2.34. The van der Waals surface area contributed by atoms with Crippen LogP contribution >= 0.6 is 0 Å². The molecule has 3 aromatic rings. The molecule has 0 fully saturated rings. The normalized spacial score (nSPS) is 10.3. The summed E-state index contributed by atoms with van der Waals surface area (Å²) >= 11 is 0. The smallest absolute Gasteiger partial charge is 1.00 e. The van der Waals surface area contributed by atoms with E-state index >= 15 is 0 Å². The molecule has 0 saturated carbocycles. The first-order valence-corrected chi connectivity index (χ1v) is 10.2. The molecule has 0 radical (unpaired) electrons. The van der Waals surface area contributed by atoms with Crippen LogP contribution in [-0.4, -0.2) is 52.7 Å². The Balaban J connectivity index is 0.00000196. The Bertz CT molecular complexity index is 739. The molecule has 0 atom stereocenters. The minimum absolute atomic E-state index is 0. The van der Waals surface area contributed by atoms with Gasteiger partial charge < -0.3 is 31.4 Å². The molecule has 7 heteroatoms. The van der Waals surface area contributed by atoms with Crippen LogP contribution in [0.5, 0.6) is 17.2 Å². The maximum atomic E-state index is 14.3. The van der Waals surface area contributed by atoms with E-state index in [0.717, 1.165) is 32.8 Å². The van der Waals surface area contributed by atoms with Gasteiger partial charge in [0, 0.05) is 0 Å². The molecule has 0 aliphatic heterocycles. The van der Waals surface area contributed by atoms with Crippen molar-refractivity contribution in [1.29, 1.82) is 0 Å². The first kappa shape index (κ1) is 24.3. The summed E-state index contributed by atoms with van der Waals surface area (Å²) in [5.74, 6) is 2.19. The van der Waals surface area contributed by atoms with Gasteiger partial charge in [0.1, 0.15) is 17.2 Å². The van der Waals surface area contributed by atoms with Gasteiger partial charge in [0.05, 0.1) is 29.6 Å². The van der Waals surface area contributed by atoms with Gasteiger partial charge in [-0.05, 0) is 36.4 Å². The fourth-order valence-electron chi connectivity index (χ4n) is 2.98. The molecule has 0 N–H and O–H groups in total. The molecule has 0 spiro atoms. The zero-order valence-corrected chi connectivity index (χ0v) is 19.3. The molecule has 142 valence electrons. The second-order valence-electron chi connectivity index (χ2n) is 5.87. The van der Waals surface area contributed by atoms with Crippen LogP contribution in [0.3, 0.4) is 0 Å². The SMILES string of the molecule is COc1ccc([Si]([O-])(c2ccc(OC)cc2)c2ccc(OC)cc2)cc1.[Cl-].[Mg+2]. The fourth-order valence-corrected chi connectivity index (χ4v) is 5.89. The largest absolute Gasteiger partial charge is 2.00 e. The quantitative estimate of drug-likeness (QED) is 0.329. The van der Waals surface area contributed by atoms with Gasteiger partial charge in [-0.1, -0.05) is 52.0 Å². The summed E-state index contributed by atoms with van der Waals surface area (Å²) in [4.78, 5) is 14.3. The van der Waals surface area contributed by atoms with Crippen molar-refractivity contribution in [1.82, 2.24) is 0 Å². The van der Waals surface area contributed by atoms with Gasteiger partial charge >= 0.3 is 23.1 Å². The molecule has 0 bridgehead atoms. The standard InChI is InChI=1S/C21H21O4Si.ClH.Mg/c1-23-16-4-10-19(11-5-16)26(22,20-12-6-17(24-2)7-13-20)21-14-8-18(25-3)9-15-21;;/h4-15H,1-3H3;1H;/q-1;;+2/p-1. The summed E-state index contributed by atoms with van der Waals surface area (Å²) in [6.45, 7) is 0. The van der Waals surface area contributed by atoms with Crippen LogP contribution < -0.4 is 47.0 Å². The van der Waals surface area contributed by atoms with E-state index in [-0.39, 0.29) is 35.5 Å². The van der Waals surface area contributed by atoms with E-state index in [2.05, 4.69) is 0 Å². The Kier molecular flexibility index (Phi) is 9.33. The van der Waals surface area contributed by atoms with Crippen LogP contribution in [0.1, 0.15) is 0 Å². The maximum Gasteiger partial charge on any atom is 2.00 e. The summed E-state index contributed by atoms with van der Waals surface area (Å²) in [6.07, 6.45) is 0. The van der Waals surface area contributed by atoms with E-state index in [1.807, 2.05) is 72.8 Å². The Labute approximate surface area is 189 Å². The van der Waals surface area contributed by atoms with Gasteiger partial charge in [-0.15, -0.1) is 0 Å². The zero-order valence-electron chi connectivity index (χ0n) is 16.1. The second-order valence-corrected chi connectivity index (χ2v) is 8.96. The van der Waals surface area contributed by atoms with Crippen LogP contribution in [0.25, 0.3) is 0 Å². The van der Waals surface area contributed by atoms with Crippen molar-refractivity contribution in [3.63, 3.8) is 0 Å². The van der Waals surface area contributed by atoms with Crippen LogP contribution in [0, 0.1) is 0 Å². The first-order chi connectivity index (χ1) is 12.6. The minimum atomic E-state index is -3.40. The summed E-state index contributed by atoms with van der Waals surface area (Å²) < 4.78 is 15.7. The summed E-state index contributed by atoms with van der Waals surface area (Å²) in [5.41, 5.74) is 0. The van der Waals surface area contributed by atoms with E-state index in [1.165, 1.54) is 0 Å². The second kappa shape index (κ2) is 10.7. The third-order valence-electron chi connectivity index (χ3n) is 4.49. The number of hydrogen-bond acceptors (Lipinski definition) is 4. The van der Waals surface area contributed by atoms with E-state index < -0.39 is 8.32 Å². The van der Waals surface area contributed by atoms with E-state index in [1.54, 1.807) is 21.3 Å². The molecular formula is C21H21ClMgO4Si.